The fourth-order valence-electron chi connectivity index (χ4n) is 3.72. The van der Waals surface area contributed by atoms with Crippen molar-refractivity contribution in [3.8, 4) is 0 Å². The largest absolute Gasteiger partial charge is 0.350 e. The highest BCUT2D eigenvalue weighted by molar-refractivity contribution is 5.89. The van der Waals surface area contributed by atoms with Crippen LogP contribution in [-0.4, -0.2) is 47.9 Å². The topological polar surface area (TPSA) is 61.4 Å². The van der Waals surface area contributed by atoms with Crippen molar-refractivity contribution in [1.82, 2.24) is 15.5 Å². The zero-order chi connectivity index (χ0) is 13.9. The Bertz CT molecular complexity index is 379. The van der Waals surface area contributed by atoms with Gasteiger partial charge >= 0.3 is 0 Å². The van der Waals surface area contributed by atoms with Crippen LogP contribution in [0.1, 0.15) is 51.4 Å². The Morgan fingerprint density at radius 3 is 2.50 bits per heavy atom. The van der Waals surface area contributed by atoms with Gasteiger partial charge in [-0.05, 0) is 32.1 Å². The van der Waals surface area contributed by atoms with Crippen LogP contribution in [-0.2, 0) is 9.59 Å². The highest BCUT2D eigenvalue weighted by Crippen LogP contribution is 2.22. The van der Waals surface area contributed by atoms with Crippen molar-refractivity contribution in [3.05, 3.63) is 0 Å². The van der Waals surface area contributed by atoms with Gasteiger partial charge in [0.15, 0.2) is 0 Å². The van der Waals surface area contributed by atoms with E-state index in [9.17, 15) is 9.59 Å². The Balaban J connectivity index is 1.56. The molecular weight excluding hydrogens is 254 g/mol. The molecule has 20 heavy (non-hydrogen) atoms. The number of likely N-dealkylation sites (tertiary alicyclic amines) is 1. The van der Waals surface area contributed by atoms with E-state index in [1.165, 1.54) is 19.3 Å². The molecule has 5 nitrogen and oxygen atoms in total. The number of fused-ring (bicyclic) bond motifs is 1. The monoisotopic (exact) mass is 279 g/mol. The third kappa shape index (κ3) is 2.97. The molecule has 3 aliphatic rings. The zero-order valence-corrected chi connectivity index (χ0v) is 12.1. The van der Waals surface area contributed by atoms with Gasteiger partial charge < -0.3 is 15.5 Å². The van der Waals surface area contributed by atoms with E-state index in [1.807, 2.05) is 4.90 Å². The molecule has 2 N–H and O–H groups in total. The van der Waals surface area contributed by atoms with Gasteiger partial charge in [-0.1, -0.05) is 12.8 Å². The molecule has 0 spiro atoms. The van der Waals surface area contributed by atoms with Crippen molar-refractivity contribution in [2.24, 2.45) is 0 Å². The third-order valence-electron chi connectivity index (χ3n) is 4.91. The third-order valence-corrected chi connectivity index (χ3v) is 4.91. The predicted octanol–water partition coefficient (Wildman–Crippen LogP) is 0.788. The normalized spacial score (nSPS) is 34.3. The molecule has 0 radical (unpaired) electrons. The summed E-state index contributed by atoms with van der Waals surface area (Å²) in [4.78, 5) is 26.3. The second-order valence-electron chi connectivity index (χ2n) is 6.37. The van der Waals surface area contributed by atoms with Crippen LogP contribution < -0.4 is 10.6 Å². The number of carbonyl (C=O) groups excluding carboxylic acids is 2. The molecule has 0 bridgehead atoms. The zero-order valence-electron chi connectivity index (χ0n) is 12.1. The number of nitrogens with zero attached hydrogens (tertiary/aromatic N) is 1. The molecule has 3 fully saturated rings. The van der Waals surface area contributed by atoms with Gasteiger partial charge in [0.05, 0.1) is 12.5 Å². The first-order valence-electron chi connectivity index (χ1n) is 8.08. The maximum absolute atomic E-state index is 12.3. The summed E-state index contributed by atoms with van der Waals surface area (Å²) in [6, 6.07) is 0.307. The molecule has 0 unspecified atom stereocenters. The number of carbonyl (C=O) groups is 2. The van der Waals surface area contributed by atoms with Gasteiger partial charge in [0.1, 0.15) is 0 Å². The molecule has 3 atom stereocenters. The predicted molar refractivity (Wildman–Crippen MR) is 76.2 cm³/mol. The molecule has 0 aromatic rings. The molecule has 1 saturated carbocycles. The van der Waals surface area contributed by atoms with Gasteiger partial charge in [0, 0.05) is 25.2 Å². The quantitative estimate of drug-likeness (QED) is 0.785. The Labute approximate surface area is 120 Å². The average Bonchev–Trinajstić information content (AvgIpc) is 2.49. The maximum atomic E-state index is 12.3. The van der Waals surface area contributed by atoms with Crippen LogP contribution in [0.25, 0.3) is 0 Å². The van der Waals surface area contributed by atoms with E-state index in [1.54, 1.807) is 0 Å². The van der Waals surface area contributed by atoms with Crippen LogP contribution in [0.5, 0.6) is 0 Å². The smallest absolute Gasteiger partial charge is 0.237 e. The Hall–Kier alpha value is -1.10. The number of piperazine rings is 1. The van der Waals surface area contributed by atoms with Crippen molar-refractivity contribution in [2.75, 3.05) is 13.1 Å². The Morgan fingerprint density at radius 1 is 1.05 bits per heavy atom. The fraction of sp³-hybridized carbons (Fsp3) is 0.867. The second kappa shape index (κ2) is 6.12. The summed E-state index contributed by atoms with van der Waals surface area (Å²) in [6.45, 7) is 1.72. The van der Waals surface area contributed by atoms with E-state index in [4.69, 9.17) is 0 Å². The summed E-state index contributed by atoms with van der Waals surface area (Å²) < 4.78 is 0. The summed E-state index contributed by atoms with van der Waals surface area (Å²) in [7, 11) is 0. The van der Waals surface area contributed by atoms with Gasteiger partial charge in [-0.3, -0.25) is 9.59 Å². The average molecular weight is 279 g/mol. The molecule has 2 saturated heterocycles. The van der Waals surface area contributed by atoms with Crippen LogP contribution >= 0.6 is 0 Å². The molecule has 2 aliphatic heterocycles. The molecule has 112 valence electrons. The van der Waals surface area contributed by atoms with Gasteiger partial charge in [-0.2, -0.15) is 0 Å². The van der Waals surface area contributed by atoms with E-state index in [0.29, 0.717) is 12.5 Å². The summed E-state index contributed by atoms with van der Waals surface area (Å²) in [6.07, 6.45) is 8.32. The van der Waals surface area contributed by atoms with E-state index in [2.05, 4.69) is 10.6 Å². The van der Waals surface area contributed by atoms with Crippen LogP contribution in [0.4, 0.5) is 0 Å². The van der Waals surface area contributed by atoms with E-state index in [0.717, 1.165) is 38.8 Å². The van der Waals surface area contributed by atoms with Gasteiger partial charge in [0.2, 0.25) is 11.8 Å². The molecule has 3 rings (SSSR count). The van der Waals surface area contributed by atoms with Gasteiger partial charge in [0.25, 0.3) is 0 Å². The van der Waals surface area contributed by atoms with E-state index in [-0.39, 0.29) is 23.9 Å². The van der Waals surface area contributed by atoms with Crippen LogP contribution in [0, 0.1) is 0 Å². The second-order valence-corrected chi connectivity index (χ2v) is 6.37. The summed E-state index contributed by atoms with van der Waals surface area (Å²) >= 11 is 0. The first kappa shape index (κ1) is 13.9. The lowest BCUT2D eigenvalue weighted by atomic mass is 9.87. The molecule has 0 aromatic heterocycles. The Kier molecular flexibility index (Phi) is 4.24. The number of amides is 2. The lowest BCUT2D eigenvalue weighted by Gasteiger charge is -2.40. The van der Waals surface area contributed by atoms with Crippen molar-refractivity contribution in [2.45, 2.75) is 69.5 Å². The van der Waals surface area contributed by atoms with E-state index >= 15 is 0 Å². The lowest BCUT2D eigenvalue weighted by molar-refractivity contribution is -0.137. The minimum atomic E-state index is -0.330. The van der Waals surface area contributed by atoms with Crippen LogP contribution in [0.2, 0.25) is 0 Å². The molecule has 0 aromatic carbocycles. The lowest BCUT2D eigenvalue weighted by Crippen LogP contribution is -2.65. The highest BCUT2D eigenvalue weighted by atomic mass is 16.2. The minimum absolute atomic E-state index is 0.0125. The molecule has 2 amide bonds. The number of piperidine rings is 1. The Morgan fingerprint density at radius 2 is 1.75 bits per heavy atom. The van der Waals surface area contributed by atoms with Gasteiger partial charge in [-0.25, -0.2) is 0 Å². The number of rotatable bonds is 2. The maximum Gasteiger partial charge on any atom is 0.237 e. The first-order valence-corrected chi connectivity index (χ1v) is 8.08. The van der Waals surface area contributed by atoms with Crippen LogP contribution in [0.15, 0.2) is 0 Å². The summed E-state index contributed by atoms with van der Waals surface area (Å²) in [5, 5.41) is 6.52. The number of hydrogen-bond donors (Lipinski definition) is 2. The fourth-order valence-corrected chi connectivity index (χ4v) is 3.72. The van der Waals surface area contributed by atoms with E-state index < -0.39 is 0 Å². The minimum Gasteiger partial charge on any atom is -0.350 e. The summed E-state index contributed by atoms with van der Waals surface area (Å²) in [5.41, 5.74) is 0. The molecule has 1 aliphatic carbocycles. The first-order chi connectivity index (χ1) is 9.74. The van der Waals surface area contributed by atoms with Crippen molar-refractivity contribution in [3.63, 3.8) is 0 Å². The number of hydrogen-bond acceptors (Lipinski definition) is 3. The molecule has 5 heteroatoms. The SMILES string of the molecule is O=C1N[C@@H]2CCCC[C@H]2N[C@@H]1CC(=O)N1CCCCC1. The van der Waals surface area contributed by atoms with Crippen molar-refractivity contribution in [1.29, 1.82) is 0 Å². The summed E-state index contributed by atoms with van der Waals surface area (Å²) in [5.74, 6) is 0.144. The van der Waals surface area contributed by atoms with Crippen molar-refractivity contribution >= 4 is 11.8 Å². The van der Waals surface area contributed by atoms with Crippen molar-refractivity contribution < 1.29 is 9.59 Å². The standard InChI is InChI=1S/C15H25N3O2/c19-14(18-8-4-1-5-9-18)10-13-15(20)17-12-7-3-2-6-11(12)16-13/h11-13,16H,1-10H2,(H,17,20)/t11-,12-,13-/m1/s1. The number of nitrogens with one attached hydrogen (secondary N) is 2. The molecule has 2 heterocycles. The highest BCUT2D eigenvalue weighted by Gasteiger charge is 2.37. The molecular formula is C15H25N3O2. The van der Waals surface area contributed by atoms with Crippen LogP contribution in [0.3, 0.4) is 0 Å². The van der Waals surface area contributed by atoms with Gasteiger partial charge in [-0.15, -0.1) is 0 Å².